The summed E-state index contributed by atoms with van der Waals surface area (Å²) in [6, 6.07) is 0. The normalized spacial score (nSPS) is 12.4. The fourth-order valence-corrected chi connectivity index (χ4v) is 1.01. The highest BCUT2D eigenvalue weighted by Gasteiger charge is 2.20. The Morgan fingerprint density at radius 1 is 1.56 bits per heavy atom. The van der Waals surface area contributed by atoms with E-state index >= 15 is 0 Å². The first kappa shape index (κ1) is 14.6. The van der Waals surface area contributed by atoms with Gasteiger partial charge in [-0.05, 0) is 40.0 Å². The van der Waals surface area contributed by atoms with Crippen molar-refractivity contribution in [2.45, 2.75) is 51.7 Å². The molecule has 0 rings (SSSR count). The number of unbranched alkanes of at least 4 members (excludes halogenated alkanes) is 1. The Kier molecular flexibility index (Phi) is 6.32. The molecule has 0 aliphatic heterocycles. The molecule has 90 valence electrons. The average molecular weight is 224 g/mol. The quantitative estimate of drug-likeness (QED) is 0.311. The Labute approximate surface area is 97.8 Å². The van der Waals surface area contributed by atoms with Crippen molar-refractivity contribution in [1.82, 2.24) is 0 Å². The monoisotopic (exact) mass is 224 g/mol. The van der Waals surface area contributed by atoms with Gasteiger partial charge in [-0.2, -0.15) is 0 Å². The third-order valence-corrected chi connectivity index (χ3v) is 1.69. The molecule has 0 saturated heterocycles. The molecule has 0 aromatic carbocycles. The molecule has 0 amide bonds. The fourth-order valence-electron chi connectivity index (χ4n) is 1.01. The van der Waals surface area contributed by atoms with Crippen LogP contribution in [0.1, 0.15) is 40.0 Å². The predicted octanol–water partition coefficient (Wildman–Crippen LogP) is 3.30. The summed E-state index contributed by atoms with van der Waals surface area (Å²) in [5.41, 5.74) is -0.558. The third kappa shape index (κ3) is 7.93. The Hall–Kier alpha value is -1.43. The SMILES string of the molecule is C#CC(CCCC=C)OC(=O)OC(C)(C)C. The van der Waals surface area contributed by atoms with Crippen LogP contribution in [0.25, 0.3) is 0 Å². The Balaban J connectivity index is 3.98. The van der Waals surface area contributed by atoms with Gasteiger partial charge in [0.05, 0.1) is 0 Å². The Bertz CT molecular complexity index is 268. The molecule has 3 heteroatoms. The van der Waals surface area contributed by atoms with Gasteiger partial charge in [0.1, 0.15) is 5.60 Å². The van der Waals surface area contributed by atoms with Gasteiger partial charge in [-0.25, -0.2) is 4.79 Å². The van der Waals surface area contributed by atoms with E-state index in [2.05, 4.69) is 12.5 Å². The van der Waals surface area contributed by atoms with Crippen molar-refractivity contribution in [3.8, 4) is 12.3 Å². The van der Waals surface area contributed by atoms with Gasteiger partial charge < -0.3 is 9.47 Å². The number of ether oxygens (including phenoxy) is 2. The number of carbonyl (C=O) groups excluding carboxylic acids is 1. The molecule has 0 fully saturated rings. The van der Waals surface area contributed by atoms with Gasteiger partial charge in [-0.15, -0.1) is 13.0 Å². The van der Waals surface area contributed by atoms with Crippen LogP contribution in [0.15, 0.2) is 12.7 Å². The zero-order valence-electron chi connectivity index (χ0n) is 10.3. The minimum atomic E-state index is -0.714. The summed E-state index contributed by atoms with van der Waals surface area (Å²) in [5.74, 6) is 2.42. The van der Waals surface area contributed by atoms with Gasteiger partial charge in [0.25, 0.3) is 0 Å². The van der Waals surface area contributed by atoms with Gasteiger partial charge in [-0.3, -0.25) is 0 Å². The van der Waals surface area contributed by atoms with Crippen molar-refractivity contribution in [3.63, 3.8) is 0 Å². The minimum Gasteiger partial charge on any atom is -0.429 e. The van der Waals surface area contributed by atoms with E-state index in [0.717, 1.165) is 12.8 Å². The van der Waals surface area contributed by atoms with E-state index in [1.807, 2.05) is 0 Å². The van der Waals surface area contributed by atoms with E-state index in [1.165, 1.54) is 0 Å². The summed E-state index contributed by atoms with van der Waals surface area (Å²) in [5, 5.41) is 0. The highest BCUT2D eigenvalue weighted by molar-refractivity contribution is 5.61. The molecular weight excluding hydrogens is 204 g/mol. The molecule has 0 aliphatic carbocycles. The standard InChI is InChI=1S/C13H20O3/c1-6-8-9-10-11(7-2)15-12(14)16-13(3,4)5/h2,6,11H,1,8-10H2,3-5H3. The summed E-state index contributed by atoms with van der Waals surface area (Å²) in [6.45, 7) is 8.93. The van der Waals surface area contributed by atoms with Crippen LogP contribution in [-0.2, 0) is 9.47 Å². The minimum absolute atomic E-state index is 0.519. The lowest BCUT2D eigenvalue weighted by atomic mass is 10.1. The topological polar surface area (TPSA) is 35.5 Å². The summed E-state index contributed by atoms with van der Waals surface area (Å²) in [4.78, 5) is 11.3. The molecule has 0 bridgehead atoms. The van der Waals surface area contributed by atoms with Crippen molar-refractivity contribution in [3.05, 3.63) is 12.7 Å². The van der Waals surface area contributed by atoms with Crippen molar-refractivity contribution in [1.29, 1.82) is 0 Å². The zero-order chi connectivity index (χ0) is 12.6. The zero-order valence-corrected chi connectivity index (χ0v) is 10.3. The fraction of sp³-hybridized carbons (Fsp3) is 0.615. The average Bonchev–Trinajstić information content (AvgIpc) is 2.13. The molecule has 1 atom stereocenters. The molecule has 0 spiro atoms. The lowest BCUT2D eigenvalue weighted by molar-refractivity contribution is -0.0180. The molecular formula is C13H20O3. The molecule has 0 radical (unpaired) electrons. The maximum Gasteiger partial charge on any atom is 0.510 e. The Morgan fingerprint density at radius 2 is 2.19 bits per heavy atom. The molecule has 0 N–H and O–H groups in total. The van der Waals surface area contributed by atoms with Gasteiger partial charge in [0, 0.05) is 0 Å². The van der Waals surface area contributed by atoms with Gasteiger partial charge in [0.15, 0.2) is 6.10 Å². The number of rotatable bonds is 5. The van der Waals surface area contributed by atoms with Gasteiger partial charge >= 0.3 is 6.16 Å². The van der Waals surface area contributed by atoms with E-state index in [9.17, 15) is 4.79 Å². The van der Waals surface area contributed by atoms with Crippen molar-refractivity contribution in [2.75, 3.05) is 0 Å². The van der Waals surface area contributed by atoms with E-state index in [1.54, 1.807) is 26.8 Å². The third-order valence-electron chi connectivity index (χ3n) is 1.69. The predicted molar refractivity (Wildman–Crippen MR) is 64.0 cm³/mol. The second-order valence-electron chi connectivity index (χ2n) is 4.46. The van der Waals surface area contributed by atoms with Gasteiger partial charge in [0.2, 0.25) is 0 Å². The number of hydrogen-bond acceptors (Lipinski definition) is 3. The number of carbonyl (C=O) groups is 1. The van der Waals surface area contributed by atoms with Crippen LogP contribution in [0.4, 0.5) is 4.79 Å². The van der Waals surface area contributed by atoms with Crippen LogP contribution >= 0.6 is 0 Å². The van der Waals surface area contributed by atoms with Crippen LogP contribution in [0.2, 0.25) is 0 Å². The summed E-state index contributed by atoms with van der Waals surface area (Å²) < 4.78 is 9.99. The summed E-state index contributed by atoms with van der Waals surface area (Å²) in [7, 11) is 0. The lowest BCUT2D eigenvalue weighted by Gasteiger charge is -2.20. The molecule has 0 heterocycles. The van der Waals surface area contributed by atoms with Crippen LogP contribution in [-0.4, -0.2) is 17.9 Å². The second-order valence-corrected chi connectivity index (χ2v) is 4.46. The van der Waals surface area contributed by atoms with E-state index in [4.69, 9.17) is 15.9 Å². The molecule has 1 unspecified atom stereocenters. The van der Waals surface area contributed by atoms with E-state index in [-0.39, 0.29) is 0 Å². The van der Waals surface area contributed by atoms with E-state index < -0.39 is 17.9 Å². The van der Waals surface area contributed by atoms with Gasteiger partial charge in [-0.1, -0.05) is 12.0 Å². The molecule has 3 nitrogen and oxygen atoms in total. The maximum atomic E-state index is 11.3. The molecule has 0 aromatic heterocycles. The van der Waals surface area contributed by atoms with Crippen molar-refractivity contribution >= 4 is 6.16 Å². The molecule has 0 saturated carbocycles. The Morgan fingerprint density at radius 3 is 2.62 bits per heavy atom. The molecule has 0 aromatic rings. The second kappa shape index (κ2) is 6.95. The first-order chi connectivity index (χ1) is 7.39. The van der Waals surface area contributed by atoms with Crippen LogP contribution < -0.4 is 0 Å². The maximum absolute atomic E-state index is 11.3. The number of terminal acetylenes is 1. The first-order valence-corrected chi connectivity index (χ1v) is 5.35. The lowest BCUT2D eigenvalue weighted by Crippen LogP contribution is -2.27. The van der Waals surface area contributed by atoms with Crippen molar-refractivity contribution < 1.29 is 14.3 Å². The number of allylic oxidation sites excluding steroid dienone is 1. The smallest absolute Gasteiger partial charge is 0.429 e. The van der Waals surface area contributed by atoms with Crippen LogP contribution in [0.3, 0.4) is 0 Å². The highest BCUT2D eigenvalue weighted by Crippen LogP contribution is 2.11. The van der Waals surface area contributed by atoms with E-state index in [0.29, 0.717) is 6.42 Å². The van der Waals surface area contributed by atoms with Crippen LogP contribution in [0, 0.1) is 12.3 Å². The summed E-state index contributed by atoms with van der Waals surface area (Å²) >= 11 is 0. The van der Waals surface area contributed by atoms with Crippen LogP contribution in [0.5, 0.6) is 0 Å². The highest BCUT2D eigenvalue weighted by atomic mass is 16.7. The molecule has 0 aliphatic rings. The first-order valence-electron chi connectivity index (χ1n) is 5.35. The molecule has 16 heavy (non-hydrogen) atoms. The number of hydrogen-bond donors (Lipinski definition) is 0. The van der Waals surface area contributed by atoms with Crippen molar-refractivity contribution in [2.24, 2.45) is 0 Å². The summed E-state index contributed by atoms with van der Waals surface area (Å²) in [6.07, 6.45) is 8.16. The largest absolute Gasteiger partial charge is 0.510 e.